The zero-order valence-corrected chi connectivity index (χ0v) is 17.0. The first kappa shape index (κ1) is 18.9. The molecule has 0 radical (unpaired) electrons. The van der Waals surface area contributed by atoms with Crippen molar-refractivity contribution in [1.29, 1.82) is 0 Å². The summed E-state index contributed by atoms with van der Waals surface area (Å²) < 4.78 is 1.33. The first-order valence-electron chi connectivity index (χ1n) is 9.15. The van der Waals surface area contributed by atoms with Crippen molar-refractivity contribution in [3.8, 4) is 0 Å². The van der Waals surface area contributed by atoms with Crippen LogP contribution in [0.1, 0.15) is 24.1 Å². The number of hydrogen-bond acceptors (Lipinski definition) is 6. The molecule has 0 saturated carbocycles. The SMILES string of the molecule is Cc1cc(=O)n2nc(N3CCCC(C(=O)NCc4ccccc4Cl)C3)sc2n1. The number of aromatic nitrogens is 3. The summed E-state index contributed by atoms with van der Waals surface area (Å²) in [6.45, 7) is 3.58. The molecule has 1 fully saturated rings. The molecule has 1 unspecified atom stereocenters. The van der Waals surface area contributed by atoms with E-state index in [9.17, 15) is 9.59 Å². The van der Waals surface area contributed by atoms with E-state index < -0.39 is 0 Å². The third kappa shape index (κ3) is 3.88. The summed E-state index contributed by atoms with van der Waals surface area (Å²) in [4.78, 5) is 31.8. The van der Waals surface area contributed by atoms with E-state index in [0.29, 0.717) is 28.8 Å². The standard InChI is InChI=1S/C19H20ClN5O2S/c1-12-9-16(26)25-18(22-12)28-19(23-25)24-8-4-6-14(11-24)17(27)21-10-13-5-2-3-7-15(13)20/h2-3,5,7,9,14H,4,6,8,10-11H2,1H3,(H,21,27). The predicted octanol–water partition coefficient (Wildman–Crippen LogP) is 2.65. The molecule has 1 atom stereocenters. The highest BCUT2D eigenvalue weighted by Gasteiger charge is 2.28. The number of nitrogens with zero attached hydrogens (tertiary/aromatic N) is 4. The zero-order valence-electron chi connectivity index (χ0n) is 15.4. The molecule has 1 aliphatic heterocycles. The van der Waals surface area contributed by atoms with Gasteiger partial charge in [-0.25, -0.2) is 4.98 Å². The lowest BCUT2D eigenvalue weighted by atomic mass is 9.97. The first-order valence-corrected chi connectivity index (χ1v) is 10.3. The van der Waals surface area contributed by atoms with Gasteiger partial charge in [0.05, 0.1) is 5.92 Å². The molecule has 4 rings (SSSR count). The van der Waals surface area contributed by atoms with Crippen molar-refractivity contribution in [2.75, 3.05) is 18.0 Å². The normalized spacial score (nSPS) is 17.1. The van der Waals surface area contributed by atoms with E-state index in [1.807, 2.05) is 24.3 Å². The number of nitrogens with one attached hydrogen (secondary N) is 1. The zero-order chi connectivity index (χ0) is 19.7. The highest BCUT2D eigenvalue weighted by atomic mass is 35.5. The van der Waals surface area contributed by atoms with Crippen LogP contribution in [0.5, 0.6) is 0 Å². The average Bonchev–Trinajstić information content (AvgIpc) is 3.12. The number of amides is 1. The number of fused-ring (bicyclic) bond motifs is 1. The number of piperidine rings is 1. The maximum atomic E-state index is 12.7. The van der Waals surface area contributed by atoms with Crippen LogP contribution in [0, 0.1) is 12.8 Å². The van der Waals surface area contributed by atoms with Crippen molar-refractivity contribution < 1.29 is 4.79 Å². The number of benzene rings is 1. The van der Waals surface area contributed by atoms with Crippen LogP contribution in [0.2, 0.25) is 5.02 Å². The lowest BCUT2D eigenvalue weighted by molar-refractivity contribution is -0.125. The Morgan fingerprint density at radius 1 is 1.39 bits per heavy atom. The number of aryl methyl sites for hydroxylation is 1. The van der Waals surface area contributed by atoms with E-state index in [1.165, 1.54) is 21.9 Å². The summed E-state index contributed by atoms with van der Waals surface area (Å²) in [5, 5.41) is 8.77. The third-order valence-electron chi connectivity index (χ3n) is 4.84. The lowest BCUT2D eigenvalue weighted by Gasteiger charge is -2.31. The van der Waals surface area contributed by atoms with E-state index in [1.54, 1.807) is 6.92 Å². The van der Waals surface area contributed by atoms with Gasteiger partial charge in [-0.3, -0.25) is 9.59 Å². The molecule has 9 heteroatoms. The summed E-state index contributed by atoms with van der Waals surface area (Å²) in [5.74, 6) is -0.119. The van der Waals surface area contributed by atoms with Crippen LogP contribution in [-0.2, 0) is 11.3 Å². The number of carbonyl (C=O) groups excluding carboxylic acids is 1. The van der Waals surface area contributed by atoms with Crippen LogP contribution < -0.4 is 15.8 Å². The molecule has 3 heterocycles. The first-order chi connectivity index (χ1) is 13.5. The molecule has 2 aromatic heterocycles. The van der Waals surface area contributed by atoms with E-state index in [0.717, 1.165) is 30.1 Å². The van der Waals surface area contributed by atoms with Crippen molar-refractivity contribution >= 4 is 38.9 Å². The van der Waals surface area contributed by atoms with Gasteiger partial charge in [0.15, 0.2) is 0 Å². The highest BCUT2D eigenvalue weighted by Crippen LogP contribution is 2.27. The number of carbonyl (C=O) groups is 1. The Morgan fingerprint density at radius 2 is 2.21 bits per heavy atom. The van der Waals surface area contributed by atoms with Gasteiger partial charge in [0, 0.05) is 36.4 Å². The molecule has 1 aliphatic rings. The van der Waals surface area contributed by atoms with Crippen molar-refractivity contribution in [1.82, 2.24) is 19.9 Å². The number of rotatable bonds is 4. The Hall–Kier alpha value is -2.45. The van der Waals surface area contributed by atoms with Gasteiger partial charge in [0.25, 0.3) is 5.56 Å². The van der Waals surface area contributed by atoms with Crippen LogP contribution in [0.3, 0.4) is 0 Å². The highest BCUT2D eigenvalue weighted by molar-refractivity contribution is 7.20. The minimum Gasteiger partial charge on any atom is -0.352 e. The predicted molar refractivity (Wildman–Crippen MR) is 110 cm³/mol. The van der Waals surface area contributed by atoms with E-state index in [-0.39, 0.29) is 17.4 Å². The lowest BCUT2D eigenvalue weighted by Crippen LogP contribution is -2.43. The van der Waals surface area contributed by atoms with Gasteiger partial charge in [-0.2, -0.15) is 4.52 Å². The van der Waals surface area contributed by atoms with Crippen LogP contribution in [0.25, 0.3) is 4.96 Å². The summed E-state index contributed by atoms with van der Waals surface area (Å²) in [6, 6.07) is 8.96. The summed E-state index contributed by atoms with van der Waals surface area (Å²) in [7, 11) is 0. The summed E-state index contributed by atoms with van der Waals surface area (Å²) in [6.07, 6.45) is 1.72. The fraction of sp³-hybridized carbons (Fsp3) is 0.368. The van der Waals surface area contributed by atoms with Crippen molar-refractivity contribution in [3.05, 3.63) is 57.0 Å². The van der Waals surface area contributed by atoms with Crippen molar-refractivity contribution in [2.45, 2.75) is 26.3 Å². The van der Waals surface area contributed by atoms with Crippen LogP contribution >= 0.6 is 22.9 Å². The molecule has 3 aromatic rings. The van der Waals surface area contributed by atoms with Gasteiger partial charge in [-0.1, -0.05) is 41.1 Å². The maximum Gasteiger partial charge on any atom is 0.275 e. The smallest absolute Gasteiger partial charge is 0.275 e. The molecule has 1 aromatic carbocycles. The topological polar surface area (TPSA) is 79.6 Å². The second-order valence-corrected chi connectivity index (χ2v) is 8.25. The maximum absolute atomic E-state index is 12.7. The molecule has 0 aliphatic carbocycles. The fourth-order valence-electron chi connectivity index (χ4n) is 3.37. The number of anilines is 1. The van der Waals surface area contributed by atoms with Crippen LogP contribution in [0.15, 0.2) is 35.1 Å². The largest absolute Gasteiger partial charge is 0.352 e. The van der Waals surface area contributed by atoms with Gasteiger partial charge in [0.2, 0.25) is 16.0 Å². The van der Waals surface area contributed by atoms with E-state index in [4.69, 9.17) is 11.6 Å². The molecule has 0 spiro atoms. The van der Waals surface area contributed by atoms with E-state index in [2.05, 4.69) is 20.3 Å². The van der Waals surface area contributed by atoms with Gasteiger partial charge >= 0.3 is 0 Å². The van der Waals surface area contributed by atoms with E-state index >= 15 is 0 Å². The van der Waals surface area contributed by atoms with Gasteiger partial charge in [-0.15, -0.1) is 5.10 Å². The quantitative estimate of drug-likeness (QED) is 0.705. The molecule has 7 nitrogen and oxygen atoms in total. The number of hydrogen-bond donors (Lipinski definition) is 1. The third-order valence-corrected chi connectivity index (χ3v) is 6.17. The van der Waals surface area contributed by atoms with Crippen LogP contribution in [-0.4, -0.2) is 33.6 Å². The Bertz CT molecular complexity index is 1080. The van der Waals surface area contributed by atoms with Gasteiger partial charge < -0.3 is 10.2 Å². The Labute approximate surface area is 171 Å². The molecule has 1 amide bonds. The minimum atomic E-state index is -0.184. The number of halogens is 1. The van der Waals surface area contributed by atoms with Gasteiger partial charge in [0.1, 0.15) is 0 Å². The molecule has 146 valence electrons. The molecular formula is C19H20ClN5O2S. The van der Waals surface area contributed by atoms with Crippen molar-refractivity contribution in [3.63, 3.8) is 0 Å². The second kappa shape index (κ2) is 7.89. The van der Waals surface area contributed by atoms with Gasteiger partial charge in [-0.05, 0) is 31.4 Å². The Balaban J connectivity index is 1.45. The Morgan fingerprint density at radius 3 is 3.04 bits per heavy atom. The Kier molecular flexibility index (Phi) is 5.32. The second-order valence-electron chi connectivity index (χ2n) is 6.91. The molecule has 1 N–H and O–H groups in total. The molecule has 0 bridgehead atoms. The van der Waals surface area contributed by atoms with Crippen LogP contribution in [0.4, 0.5) is 5.13 Å². The fourth-order valence-corrected chi connectivity index (χ4v) is 4.56. The molecule has 1 saturated heterocycles. The monoisotopic (exact) mass is 417 g/mol. The summed E-state index contributed by atoms with van der Waals surface area (Å²) in [5.41, 5.74) is 1.39. The molecular weight excluding hydrogens is 398 g/mol. The summed E-state index contributed by atoms with van der Waals surface area (Å²) >= 11 is 7.53. The average molecular weight is 418 g/mol. The van der Waals surface area contributed by atoms with Crippen molar-refractivity contribution in [2.24, 2.45) is 5.92 Å². The molecule has 28 heavy (non-hydrogen) atoms. The minimum absolute atomic E-state index is 0.0110.